The van der Waals surface area contributed by atoms with E-state index in [1.54, 1.807) is 36.4 Å². The molecule has 0 aliphatic carbocycles. The zero-order valence-corrected chi connectivity index (χ0v) is 32.4. The predicted molar refractivity (Wildman–Crippen MR) is 212 cm³/mol. The van der Waals surface area contributed by atoms with Crippen molar-refractivity contribution in [1.29, 1.82) is 0 Å². The number of nitrogens with zero attached hydrogens (tertiary/aromatic N) is 3. The van der Waals surface area contributed by atoms with Gasteiger partial charge in [0.1, 0.15) is 12.4 Å². The van der Waals surface area contributed by atoms with Crippen molar-refractivity contribution >= 4 is 23.1 Å². The second-order valence-corrected chi connectivity index (χ2v) is 13.3. The summed E-state index contributed by atoms with van der Waals surface area (Å²) >= 11 is 0. The summed E-state index contributed by atoms with van der Waals surface area (Å²) in [5, 5.41) is 36.5. The van der Waals surface area contributed by atoms with Crippen LogP contribution in [-0.4, -0.2) is 76.5 Å². The van der Waals surface area contributed by atoms with Gasteiger partial charge in [-0.05, 0) is 86.1 Å². The second kappa shape index (κ2) is 24.0. The van der Waals surface area contributed by atoms with Crippen LogP contribution in [0.3, 0.4) is 0 Å². The molecule has 0 fully saturated rings. The summed E-state index contributed by atoms with van der Waals surface area (Å²) in [4.78, 5) is 55.9. The molecule has 3 N–H and O–H groups in total. The van der Waals surface area contributed by atoms with Crippen molar-refractivity contribution in [2.75, 3.05) is 31.7 Å². The third-order valence-electron chi connectivity index (χ3n) is 8.59. The van der Waals surface area contributed by atoms with Gasteiger partial charge >= 0.3 is 5.97 Å². The normalized spacial score (nSPS) is 13.2. The molecule has 3 rings (SSSR count). The molecule has 0 radical (unpaired) electrons. The van der Waals surface area contributed by atoms with Gasteiger partial charge in [0.25, 0.3) is 11.0 Å². The molecule has 15 nitrogen and oxygen atoms in total. The number of unbranched alkanes of at least 4 members (excludes halogenated alkanes) is 1. The number of allylic oxidation sites excluding steroid dienone is 5. The van der Waals surface area contributed by atoms with E-state index in [1.807, 2.05) is 55.7 Å². The molecule has 0 saturated carbocycles. The predicted octanol–water partition coefficient (Wildman–Crippen LogP) is 7.32. The number of hydrogen-bond donors (Lipinski definition) is 3. The van der Waals surface area contributed by atoms with Crippen LogP contribution in [0.5, 0.6) is 0 Å². The summed E-state index contributed by atoms with van der Waals surface area (Å²) in [5.41, 5.74) is 4.29. The Morgan fingerprint density at radius 1 is 1.04 bits per heavy atom. The average molecular weight is 795 g/mol. The van der Waals surface area contributed by atoms with Crippen molar-refractivity contribution in [2.45, 2.75) is 83.6 Å². The molecule has 2 aromatic carbocycles. The number of carbonyl (C=O) groups excluding carboxylic acids is 2. The molecule has 1 aromatic heterocycles. The van der Waals surface area contributed by atoms with Crippen LogP contribution in [0, 0.1) is 20.8 Å². The fourth-order valence-corrected chi connectivity index (χ4v) is 6.23. The maximum atomic E-state index is 14.3. The third kappa shape index (κ3) is 14.7. The lowest BCUT2D eigenvalue weighted by Gasteiger charge is -2.20. The van der Waals surface area contributed by atoms with Crippen LogP contribution in [0.15, 0.2) is 90.8 Å². The zero-order chi connectivity index (χ0) is 41.7. The van der Waals surface area contributed by atoms with Crippen LogP contribution < -0.4 is 5.32 Å². The first-order chi connectivity index (χ1) is 27.4. The molecule has 1 amide bonds. The minimum absolute atomic E-state index is 0.0280. The fourth-order valence-electron chi connectivity index (χ4n) is 6.23. The van der Waals surface area contributed by atoms with Crippen molar-refractivity contribution in [3.05, 3.63) is 123 Å². The molecule has 57 heavy (non-hydrogen) atoms. The standard InChI is InChI=1S/C41H51FN4O11/c1-5-12-29(13-6-2)37-38(41(50)43-32-14-8-7-9-15-32)39(28(3)4)45(40(37)30-16-18-31(42)19-17-30)21-20-33(47)24-34(48)25-36(49)55-23-11-10-22-54-26-35(27-56-44-51)57-46(52)53/h5-9,12-19,28,33-35,47-48H,1,10-11,20-27H2,2-4H3,(H,43,50)/b13-6-,29-12+/t33-,34-,35?/m1/s1. The minimum Gasteiger partial charge on any atom is -0.466 e. The van der Waals surface area contributed by atoms with Gasteiger partial charge in [0.05, 0.1) is 43.1 Å². The van der Waals surface area contributed by atoms with Gasteiger partial charge < -0.3 is 39.2 Å². The molecule has 16 heteroatoms. The van der Waals surface area contributed by atoms with Gasteiger partial charge in [0.2, 0.25) is 0 Å². The molecule has 0 bridgehead atoms. The Morgan fingerprint density at radius 2 is 1.74 bits per heavy atom. The number of anilines is 1. The molecule has 3 aromatic rings. The summed E-state index contributed by atoms with van der Waals surface area (Å²) in [6.07, 6.45) is 4.25. The number of esters is 1. The molecular weight excluding hydrogens is 743 g/mol. The Morgan fingerprint density at radius 3 is 2.37 bits per heavy atom. The van der Waals surface area contributed by atoms with Gasteiger partial charge in [0.15, 0.2) is 11.4 Å². The number of aliphatic hydroxyl groups excluding tert-OH is 2. The summed E-state index contributed by atoms with van der Waals surface area (Å²) in [7, 11) is 0. The van der Waals surface area contributed by atoms with Crippen molar-refractivity contribution in [3.8, 4) is 11.3 Å². The Bertz CT molecular complexity index is 1830. The maximum Gasteiger partial charge on any atom is 0.308 e. The van der Waals surface area contributed by atoms with Gasteiger partial charge in [-0.2, -0.15) is 0 Å². The van der Waals surface area contributed by atoms with E-state index in [4.69, 9.17) is 9.47 Å². The summed E-state index contributed by atoms with van der Waals surface area (Å²) < 4.78 is 26.7. The van der Waals surface area contributed by atoms with Gasteiger partial charge in [-0.1, -0.05) is 62.9 Å². The molecule has 1 heterocycles. The van der Waals surface area contributed by atoms with Crippen LogP contribution in [0.2, 0.25) is 0 Å². The highest BCUT2D eigenvalue weighted by atomic mass is 19.1. The van der Waals surface area contributed by atoms with Crippen LogP contribution in [0.25, 0.3) is 16.8 Å². The van der Waals surface area contributed by atoms with Crippen LogP contribution in [-0.2, 0) is 30.5 Å². The number of amides is 1. The summed E-state index contributed by atoms with van der Waals surface area (Å²) in [6, 6.07) is 15.0. The molecule has 3 atom stereocenters. The number of nitrogens with one attached hydrogen (secondary N) is 1. The van der Waals surface area contributed by atoms with Crippen LogP contribution >= 0.6 is 0 Å². The first-order valence-corrected chi connectivity index (χ1v) is 18.6. The van der Waals surface area contributed by atoms with Gasteiger partial charge in [-0.15, -0.1) is 15.0 Å². The van der Waals surface area contributed by atoms with E-state index in [0.717, 1.165) is 0 Å². The number of rotatable bonds is 26. The molecule has 0 aliphatic rings. The van der Waals surface area contributed by atoms with Crippen molar-refractivity contribution in [2.24, 2.45) is 5.34 Å². The lowest BCUT2D eigenvalue weighted by Crippen LogP contribution is -2.27. The lowest BCUT2D eigenvalue weighted by molar-refractivity contribution is -0.769. The highest BCUT2D eigenvalue weighted by Gasteiger charge is 2.31. The SMILES string of the molecule is C=C/C=C(\C=C/C)c1c(C(=O)Nc2ccccc2)c(C(C)C)n(CC[C@@H](O)C[C@@H](O)CC(=O)OCCCCOCC(CON=O)O[N+](=O)[O-])c1-c1ccc(F)cc1. The first kappa shape index (κ1) is 45.7. The highest BCUT2D eigenvalue weighted by Crippen LogP contribution is 2.41. The maximum absolute atomic E-state index is 14.3. The Balaban J connectivity index is 1.75. The third-order valence-corrected chi connectivity index (χ3v) is 8.59. The van der Waals surface area contributed by atoms with E-state index in [0.29, 0.717) is 52.2 Å². The Kier molecular flexibility index (Phi) is 19.3. The molecule has 1 unspecified atom stereocenters. The summed E-state index contributed by atoms with van der Waals surface area (Å²) in [6.45, 7) is 9.39. The van der Waals surface area contributed by atoms with E-state index >= 15 is 0 Å². The van der Waals surface area contributed by atoms with Crippen LogP contribution in [0.1, 0.15) is 80.4 Å². The molecule has 0 saturated heterocycles. The number of para-hydroxylation sites is 1. The highest BCUT2D eigenvalue weighted by molar-refractivity contribution is 6.11. The second-order valence-electron chi connectivity index (χ2n) is 13.3. The van der Waals surface area contributed by atoms with Gasteiger partial charge in [0, 0.05) is 30.1 Å². The topological polar surface area (TPSA) is 201 Å². The number of benzene rings is 2. The quantitative estimate of drug-likeness (QED) is 0.0184. The van der Waals surface area contributed by atoms with Gasteiger partial charge in [-0.3, -0.25) is 9.59 Å². The van der Waals surface area contributed by atoms with Crippen molar-refractivity contribution in [1.82, 2.24) is 4.57 Å². The van der Waals surface area contributed by atoms with E-state index in [-0.39, 0.29) is 57.5 Å². The number of ether oxygens (including phenoxy) is 2. The number of aromatic nitrogens is 1. The molecular formula is C41H51FN4O11. The largest absolute Gasteiger partial charge is 0.466 e. The fraction of sp³-hybridized carbons (Fsp3) is 0.415. The van der Waals surface area contributed by atoms with Crippen molar-refractivity contribution < 1.29 is 48.4 Å². The number of carbonyl (C=O) groups is 2. The monoisotopic (exact) mass is 794 g/mol. The molecule has 0 aliphatic heterocycles. The minimum atomic E-state index is -1.21. The molecule has 308 valence electrons. The first-order valence-electron chi connectivity index (χ1n) is 18.6. The number of halogens is 1. The van der Waals surface area contributed by atoms with E-state index in [2.05, 4.69) is 26.9 Å². The van der Waals surface area contributed by atoms with E-state index < -0.39 is 41.8 Å². The molecule has 0 spiro atoms. The Labute approximate surface area is 330 Å². The smallest absolute Gasteiger partial charge is 0.308 e. The van der Waals surface area contributed by atoms with Crippen LogP contribution in [0.4, 0.5) is 10.1 Å². The van der Waals surface area contributed by atoms with Crippen molar-refractivity contribution in [3.63, 3.8) is 0 Å². The van der Waals surface area contributed by atoms with E-state index in [9.17, 15) is 39.2 Å². The number of hydrogen-bond acceptors (Lipinski definition) is 12. The van der Waals surface area contributed by atoms with E-state index in [1.165, 1.54) is 12.1 Å². The van der Waals surface area contributed by atoms with Gasteiger partial charge in [-0.25, -0.2) is 4.39 Å². The average Bonchev–Trinajstić information content (AvgIpc) is 3.51. The summed E-state index contributed by atoms with van der Waals surface area (Å²) in [5.74, 6) is -1.62. The zero-order valence-electron chi connectivity index (χ0n) is 32.4. The Hall–Kier alpha value is -5.71. The number of aliphatic hydroxyl groups is 2. The lowest BCUT2D eigenvalue weighted by atomic mass is 9.93.